The number of hydrogen-bond acceptors (Lipinski definition) is 3. The smallest absolute Gasteiger partial charge is 0.317 e. The topological polar surface area (TPSA) is 80.2 Å². The number of aromatic nitrogens is 1. The summed E-state index contributed by atoms with van der Waals surface area (Å²) < 4.78 is 1.05. The molecule has 0 unspecified atom stereocenters. The minimum absolute atomic E-state index is 0.393. The van der Waals surface area contributed by atoms with Crippen LogP contribution in [0.25, 0.3) is 0 Å². The molecule has 2 N–H and O–H groups in total. The first kappa shape index (κ1) is 16.5. The molecule has 6 heteroatoms. The van der Waals surface area contributed by atoms with E-state index in [9.17, 15) is 14.4 Å². The van der Waals surface area contributed by atoms with Crippen molar-refractivity contribution in [3.8, 4) is 0 Å². The van der Waals surface area contributed by atoms with Crippen molar-refractivity contribution in [1.29, 1.82) is 0 Å². The lowest BCUT2D eigenvalue weighted by molar-refractivity contribution is -0.133. The van der Waals surface area contributed by atoms with Crippen molar-refractivity contribution in [2.24, 2.45) is 0 Å². The molecule has 0 saturated heterocycles. The van der Waals surface area contributed by atoms with Gasteiger partial charge in [-0.05, 0) is 51.0 Å². The third kappa shape index (κ3) is 3.85. The molecule has 120 valence electrons. The van der Waals surface area contributed by atoms with Crippen LogP contribution in [-0.2, 0) is 9.59 Å². The molecule has 1 aromatic heterocycles. The Kier molecular flexibility index (Phi) is 4.64. The number of anilines is 1. The summed E-state index contributed by atoms with van der Waals surface area (Å²) in [7, 11) is 0. The van der Waals surface area contributed by atoms with Gasteiger partial charge in [-0.15, -0.1) is 0 Å². The molecule has 23 heavy (non-hydrogen) atoms. The second kappa shape index (κ2) is 6.48. The summed E-state index contributed by atoms with van der Waals surface area (Å²) in [5.74, 6) is -1.73. The van der Waals surface area contributed by atoms with E-state index < -0.39 is 17.4 Å². The van der Waals surface area contributed by atoms with Gasteiger partial charge in [0.15, 0.2) is 0 Å². The van der Waals surface area contributed by atoms with Gasteiger partial charge in [0.2, 0.25) is 0 Å². The molecule has 0 aliphatic heterocycles. The summed E-state index contributed by atoms with van der Waals surface area (Å²) in [6.45, 7) is 7.25. The van der Waals surface area contributed by atoms with Crippen molar-refractivity contribution in [2.75, 3.05) is 10.7 Å². The molecular formula is C17H19N3O3. The summed E-state index contributed by atoms with van der Waals surface area (Å²) >= 11 is 0. The highest BCUT2D eigenvalue weighted by atomic mass is 16.2. The molecule has 1 aromatic carbocycles. The van der Waals surface area contributed by atoms with E-state index >= 15 is 0 Å². The van der Waals surface area contributed by atoms with Crippen LogP contribution in [0, 0.1) is 27.7 Å². The minimum atomic E-state index is -0.904. The van der Waals surface area contributed by atoms with Crippen LogP contribution in [0.1, 0.15) is 22.4 Å². The van der Waals surface area contributed by atoms with Crippen LogP contribution < -0.4 is 16.3 Å². The molecule has 2 rings (SSSR count). The maximum atomic E-state index is 12.0. The number of nitrogens with zero attached hydrogens (tertiary/aromatic N) is 1. The van der Waals surface area contributed by atoms with Crippen LogP contribution in [0.15, 0.2) is 35.1 Å². The van der Waals surface area contributed by atoms with Crippen molar-refractivity contribution < 1.29 is 9.59 Å². The van der Waals surface area contributed by atoms with Crippen molar-refractivity contribution in [1.82, 2.24) is 4.68 Å². The van der Waals surface area contributed by atoms with E-state index in [0.717, 1.165) is 21.4 Å². The zero-order valence-corrected chi connectivity index (χ0v) is 13.6. The molecule has 6 nitrogen and oxygen atoms in total. The average molecular weight is 313 g/mol. The Hall–Kier alpha value is -2.89. The number of aryl methyl sites for hydroxylation is 4. The highest BCUT2D eigenvalue weighted by Gasteiger charge is 2.16. The summed E-state index contributed by atoms with van der Waals surface area (Å²) in [5, 5.41) is 2.54. The van der Waals surface area contributed by atoms with E-state index in [1.807, 2.05) is 26.0 Å². The number of carbonyl (C=O) groups is 2. The van der Waals surface area contributed by atoms with Crippen LogP contribution in [0.5, 0.6) is 0 Å². The Morgan fingerprint density at radius 1 is 0.913 bits per heavy atom. The van der Waals surface area contributed by atoms with E-state index in [1.54, 1.807) is 26.0 Å². The second-order valence-corrected chi connectivity index (χ2v) is 5.56. The first-order valence-corrected chi connectivity index (χ1v) is 7.18. The number of carbonyl (C=O) groups excluding carboxylic acids is 2. The summed E-state index contributed by atoms with van der Waals surface area (Å²) in [6, 6.07) is 8.61. The van der Waals surface area contributed by atoms with Crippen LogP contribution in [-0.4, -0.2) is 16.5 Å². The van der Waals surface area contributed by atoms with Gasteiger partial charge in [0.1, 0.15) is 0 Å². The Labute approximate surface area is 134 Å². The predicted molar refractivity (Wildman–Crippen MR) is 89.1 cm³/mol. The highest BCUT2D eigenvalue weighted by Crippen LogP contribution is 2.15. The molecule has 2 amide bonds. The van der Waals surface area contributed by atoms with E-state index in [4.69, 9.17) is 0 Å². The zero-order valence-electron chi connectivity index (χ0n) is 13.6. The summed E-state index contributed by atoms with van der Waals surface area (Å²) in [4.78, 5) is 35.9. The second-order valence-electron chi connectivity index (χ2n) is 5.56. The van der Waals surface area contributed by atoms with E-state index in [-0.39, 0.29) is 0 Å². The Bertz CT molecular complexity index is 837. The van der Waals surface area contributed by atoms with E-state index in [1.165, 1.54) is 6.07 Å². The van der Waals surface area contributed by atoms with Gasteiger partial charge in [-0.2, -0.15) is 0 Å². The van der Waals surface area contributed by atoms with E-state index in [0.29, 0.717) is 11.4 Å². The molecular weight excluding hydrogens is 294 g/mol. The number of hydrogen-bond donors (Lipinski definition) is 2. The molecule has 0 saturated carbocycles. The largest absolute Gasteiger partial charge is 0.328 e. The first-order chi connectivity index (χ1) is 10.8. The molecule has 0 aliphatic rings. The van der Waals surface area contributed by atoms with Crippen LogP contribution in [0.2, 0.25) is 0 Å². The standard InChI is InChI=1S/C17H19N3O3/c1-10-5-6-14(12(3)7-10)18-16(22)17(23)19-20-13(4)8-11(2)9-15(20)21/h5-9H,1-4H3,(H,18,22)(H,19,23). The third-order valence-corrected chi connectivity index (χ3v) is 3.41. The molecule has 0 bridgehead atoms. The quantitative estimate of drug-likeness (QED) is 0.830. The number of rotatable bonds is 2. The summed E-state index contributed by atoms with van der Waals surface area (Å²) in [6.07, 6.45) is 0. The van der Waals surface area contributed by atoms with Gasteiger partial charge in [-0.25, -0.2) is 4.68 Å². The van der Waals surface area contributed by atoms with Crippen molar-refractivity contribution in [3.63, 3.8) is 0 Å². The Morgan fingerprint density at radius 2 is 1.61 bits per heavy atom. The lowest BCUT2D eigenvalue weighted by Gasteiger charge is -2.12. The molecule has 0 fully saturated rings. The zero-order chi connectivity index (χ0) is 17.1. The van der Waals surface area contributed by atoms with Crippen LogP contribution >= 0.6 is 0 Å². The fraction of sp³-hybridized carbons (Fsp3) is 0.235. The predicted octanol–water partition coefficient (Wildman–Crippen LogP) is 1.79. The highest BCUT2D eigenvalue weighted by molar-refractivity contribution is 6.42. The van der Waals surface area contributed by atoms with E-state index in [2.05, 4.69) is 10.7 Å². The van der Waals surface area contributed by atoms with Gasteiger partial charge in [0.25, 0.3) is 5.56 Å². The number of amides is 2. The number of pyridine rings is 1. The fourth-order valence-electron chi connectivity index (χ4n) is 2.30. The third-order valence-electron chi connectivity index (χ3n) is 3.41. The molecule has 1 heterocycles. The van der Waals surface area contributed by atoms with Gasteiger partial charge in [-0.1, -0.05) is 17.7 Å². The van der Waals surface area contributed by atoms with Gasteiger partial charge in [0, 0.05) is 17.4 Å². The monoisotopic (exact) mass is 313 g/mol. The van der Waals surface area contributed by atoms with Crippen molar-refractivity contribution in [3.05, 3.63) is 63.1 Å². The number of nitrogens with one attached hydrogen (secondary N) is 2. The van der Waals surface area contributed by atoms with Crippen molar-refractivity contribution >= 4 is 17.5 Å². The van der Waals surface area contributed by atoms with Crippen LogP contribution in [0.4, 0.5) is 5.69 Å². The van der Waals surface area contributed by atoms with Gasteiger partial charge < -0.3 is 5.32 Å². The lowest BCUT2D eigenvalue weighted by atomic mass is 10.1. The van der Waals surface area contributed by atoms with Gasteiger partial charge in [-0.3, -0.25) is 19.8 Å². The van der Waals surface area contributed by atoms with Gasteiger partial charge >= 0.3 is 11.8 Å². The van der Waals surface area contributed by atoms with Gasteiger partial charge in [0.05, 0.1) is 0 Å². The normalized spacial score (nSPS) is 10.3. The minimum Gasteiger partial charge on any atom is -0.317 e. The average Bonchev–Trinajstić information content (AvgIpc) is 2.45. The summed E-state index contributed by atoms with van der Waals surface area (Å²) in [5.41, 5.74) is 5.73. The molecule has 2 aromatic rings. The maximum Gasteiger partial charge on any atom is 0.328 e. The van der Waals surface area contributed by atoms with Crippen molar-refractivity contribution in [2.45, 2.75) is 27.7 Å². The number of benzene rings is 1. The van der Waals surface area contributed by atoms with Crippen LogP contribution in [0.3, 0.4) is 0 Å². The SMILES string of the molecule is Cc1ccc(NC(=O)C(=O)Nn2c(C)cc(C)cc2=O)c(C)c1. The molecule has 0 spiro atoms. The molecule has 0 atom stereocenters. The fourth-order valence-corrected chi connectivity index (χ4v) is 2.30. The first-order valence-electron chi connectivity index (χ1n) is 7.18. The Morgan fingerprint density at radius 3 is 2.22 bits per heavy atom. The maximum absolute atomic E-state index is 12.0. The Balaban J connectivity index is 2.15. The molecule has 0 aliphatic carbocycles. The molecule has 0 radical (unpaired) electrons. The lowest BCUT2D eigenvalue weighted by Crippen LogP contribution is -2.40.